The largest absolute Gasteiger partial charge is 0.377 e. The quantitative estimate of drug-likeness (QED) is 0.394. The van der Waals surface area contributed by atoms with Crippen LogP contribution in [-0.4, -0.2) is 32.7 Å². The fourth-order valence-corrected chi connectivity index (χ4v) is 3.40. The summed E-state index contributed by atoms with van der Waals surface area (Å²) in [6.07, 6.45) is 7.47. The molecule has 118 valence electrons. The Hall–Kier alpha value is -1.22. The standard InChI is InChI=1S/C13H22N4O3S/c14-17-13-10-12(6-7-15-13)21(18,19)16-8-9-20-11-4-2-1-3-5-11/h6-7,10-11,16H,1-5,8-9,14H2,(H,15,17). The van der Waals surface area contributed by atoms with Crippen LogP contribution in [-0.2, 0) is 14.8 Å². The number of anilines is 1. The molecule has 4 N–H and O–H groups in total. The maximum absolute atomic E-state index is 12.1. The molecule has 21 heavy (non-hydrogen) atoms. The molecule has 0 radical (unpaired) electrons. The van der Waals surface area contributed by atoms with Gasteiger partial charge in [-0.3, -0.25) is 0 Å². The van der Waals surface area contributed by atoms with Crippen molar-refractivity contribution < 1.29 is 13.2 Å². The van der Waals surface area contributed by atoms with E-state index >= 15 is 0 Å². The Balaban J connectivity index is 1.80. The number of hydrazine groups is 1. The third kappa shape index (κ3) is 4.92. The van der Waals surface area contributed by atoms with E-state index in [-0.39, 0.29) is 17.5 Å². The van der Waals surface area contributed by atoms with E-state index in [9.17, 15) is 8.42 Å². The minimum absolute atomic E-state index is 0.128. The van der Waals surface area contributed by atoms with Gasteiger partial charge in [0.15, 0.2) is 0 Å². The van der Waals surface area contributed by atoms with Gasteiger partial charge in [-0.1, -0.05) is 19.3 Å². The molecule has 0 saturated heterocycles. The lowest BCUT2D eigenvalue weighted by atomic mass is 9.98. The molecule has 7 nitrogen and oxygen atoms in total. The molecule has 0 aromatic carbocycles. The minimum Gasteiger partial charge on any atom is -0.377 e. The highest BCUT2D eigenvalue weighted by molar-refractivity contribution is 7.89. The van der Waals surface area contributed by atoms with Gasteiger partial charge in [0.2, 0.25) is 10.0 Å². The molecule has 0 atom stereocenters. The van der Waals surface area contributed by atoms with Crippen molar-refractivity contribution in [1.82, 2.24) is 9.71 Å². The summed E-state index contributed by atoms with van der Waals surface area (Å²) in [6.45, 7) is 0.642. The Bertz CT molecular complexity index is 544. The smallest absolute Gasteiger partial charge is 0.240 e. The van der Waals surface area contributed by atoms with Crippen LogP contribution < -0.4 is 16.0 Å². The van der Waals surface area contributed by atoms with E-state index in [0.717, 1.165) is 12.8 Å². The zero-order valence-electron chi connectivity index (χ0n) is 11.9. The van der Waals surface area contributed by atoms with Gasteiger partial charge in [-0.15, -0.1) is 0 Å². The number of nitrogen functional groups attached to an aromatic ring is 1. The predicted octanol–water partition coefficient (Wildman–Crippen LogP) is 0.995. The molecule has 0 spiro atoms. The minimum atomic E-state index is -3.56. The second-order valence-corrected chi connectivity index (χ2v) is 6.82. The van der Waals surface area contributed by atoms with Crippen molar-refractivity contribution in [3.05, 3.63) is 18.3 Å². The Morgan fingerprint density at radius 2 is 2.10 bits per heavy atom. The zero-order chi connectivity index (χ0) is 15.1. The van der Waals surface area contributed by atoms with Gasteiger partial charge in [-0.25, -0.2) is 24.0 Å². The molecule has 1 fully saturated rings. The summed E-state index contributed by atoms with van der Waals surface area (Å²) in [6, 6.07) is 2.80. The van der Waals surface area contributed by atoms with Crippen LogP contribution in [0, 0.1) is 0 Å². The summed E-state index contributed by atoms with van der Waals surface area (Å²) >= 11 is 0. The molecule has 0 bridgehead atoms. The number of hydrogen-bond acceptors (Lipinski definition) is 6. The summed E-state index contributed by atoms with van der Waals surface area (Å²) in [7, 11) is -3.56. The number of aromatic nitrogens is 1. The number of hydrogen-bond donors (Lipinski definition) is 3. The van der Waals surface area contributed by atoms with Gasteiger partial charge >= 0.3 is 0 Å². The van der Waals surface area contributed by atoms with Crippen LogP contribution in [0.5, 0.6) is 0 Å². The highest BCUT2D eigenvalue weighted by Crippen LogP contribution is 2.20. The first-order valence-corrected chi connectivity index (χ1v) is 8.64. The van der Waals surface area contributed by atoms with Gasteiger partial charge in [0.1, 0.15) is 5.82 Å². The Morgan fingerprint density at radius 3 is 2.81 bits per heavy atom. The molecule has 1 aromatic heterocycles. The first-order chi connectivity index (χ1) is 10.1. The van der Waals surface area contributed by atoms with Crippen molar-refractivity contribution in [2.75, 3.05) is 18.6 Å². The lowest BCUT2D eigenvalue weighted by molar-refractivity contribution is 0.0321. The molecule has 2 rings (SSSR count). The van der Waals surface area contributed by atoms with Crippen LogP contribution in [0.4, 0.5) is 5.82 Å². The van der Waals surface area contributed by atoms with E-state index in [4.69, 9.17) is 10.6 Å². The Kier molecular flexibility index (Phi) is 5.92. The molecule has 0 aliphatic heterocycles. The van der Waals surface area contributed by atoms with Crippen molar-refractivity contribution in [3.8, 4) is 0 Å². The van der Waals surface area contributed by atoms with Crippen LogP contribution in [0.15, 0.2) is 23.2 Å². The van der Waals surface area contributed by atoms with Crippen LogP contribution in [0.25, 0.3) is 0 Å². The molecule has 1 aromatic rings. The number of rotatable bonds is 7. The van der Waals surface area contributed by atoms with Gasteiger partial charge in [0.05, 0.1) is 17.6 Å². The van der Waals surface area contributed by atoms with Gasteiger partial charge in [0, 0.05) is 18.8 Å². The first kappa shape index (κ1) is 16.2. The lowest BCUT2D eigenvalue weighted by Crippen LogP contribution is -2.29. The number of pyridine rings is 1. The fourth-order valence-electron chi connectivity index (χ4n) is 2.37. The maximum Gasteiger partial charge on any atom is 0.240 e. The van der Waals surface area contributed by atoms with Crippen molar-refractivity contribution in [2.24, 2.45) is 5.84 Å². The summed E-state index contributed by atoms with van der Waals surface area (Å²) in [5.74, 6) is 5.52. The fraction of sp³-hybridized carbons (Fsp3) is 0.615. The topological polar surface area (TPSA) is 106 Å². The zero-order valence-corrected chi connectivity index (χ0v) is 12.7. The van der Waals surface area contributed by atoms with E-state index in [1.165, 1.54) is 37.6 Å². The van der Waals surface area contributed by atoms with E-state index in [1.807, 2.05) is 0 Å². The summed E-state index contributed by atoms with van der Waals surface area (Å²) in [5.41, 5.74) is 2.32. The molecule has 1 aliphatic carbocycles. The van der Waals surface area contributed by atoms with Gasteiger partial charge < -0.3 is 10.2 Å². The second kappa shape index (κ2) is 7.69. The number of nitrogens with one attached hydrogen (secondary N) is 2. The van der Waals surface area contributed by atoms with Crippen molar-refractivity contribution in [3.63, 3.8) is 0 Å². The van der Waals surface area contributed by atoms with Gasteiger partial charge in [-0.05, 0) is 18.9 Å². The van der Waals surface area contributed by atoms with Gasteiger partial charge in [0.25, 0.3) is 0 Å². The molecular formula is C13H22N4O3S. The Morgan fingerprint density at radius 1 is 1.33 bits per heavy atom. The number of nitrogens with zero attached hydrogens (tertiary/aromatic N) is 1. The average Bonchev–Trinajstić information content (AvgIpc) is 2.53. The molecule has 0 unspecified atom stereocenters. The lowest BCUT2D eigenvalue weighted by Gasteiger charge is -2.22. The third-order valence-corrected chi connectivity index (χ3v) is 4.95. The van der Waals surface area contributed by atoms with Crippen LogP contribution in [0.3, 0.4) is 0 Å². The van der Waals surface area contributed by atoms with E-state index < -0.39 is 10.0 Å². The Labute approximate surface area is 125 Å². The normalized spacial score (nSPS) is 16.8. The maximum atomic E-state index is 12.1. The molecule has 1 aliphatic rings. The SMILES string of the molecule is NNc1cc(S(=O)(=O)NCCOC2CCCCC2)ccn1. The number of nitrogens with two attached hydrogens (primary N) is 1. The highest BCUT2D eigenvalue weighted by atomic mass is 32.2. The molecule has 1 heterocycles. The third-order valence-electron chi connectivity index (χ3n) is 3.49. The average molecular weight is 314 g/mol. The van der Waals surface area contributed by atoms with Crippen LogP contribution in [0.2, 0.25) is 0 Å². The van der Waals surface area contributed by atoms with Crippen molar-refractivity contribution in [1.29, 1.82) is 0 Å². The summed E-state index contributed by atoms with van der Waals surface area (Å²) in [4.78, 5) is 4.00. The summed E-state index contributed by atoms with van der Waals surface area (Å²) in [5, 5.41) is 0. The van der Waals surface area contributed by atoms with Crippen molar-refractivity contribution in [2.45, 2.75) is 43.1 Å². The van der Waals surface area contributed by atoms with Crippen molar-refractivity contribution >= 4 is 15.8 Å². The molecule has 0 amide bonds. The van der Waals surface area contributed by atoms with Crippen LogP contribution >= 0.6 is 0 Å². The number of ether oxygens (including phenoxy) is 1. The molecule has 8 heteroatoms. The van der Waals surface area contributed by atoms with E-state index in [0.29, 0.717) is 12.4 Å². The van der Waals surface area contributed by atoms with E-state index in [1.54, 1.807) is 0 Å². The van der Waals surface area contributed by atoms with Gasteiger partial charge in [-0.2, -0.15) is 0 Å². The molecule has 1 saturated carbocycles. The molecular weight excluding hydrogens is 292 g/mol. The highest BCUT2D eigenvalue weighted by Gasteiger charge is 2.16. The summed E-state index contributed by atoms with van der Waals surface area (Å²) < 4.78 is 32.4. The predicted molar refractivity (Wildman–Crippen MR) is 80.1 cm³/mol. The first-order valence-electron chi connectivity index (χ1n) is 7.16. The monoisotopic (exact) mass is 314 g/mol. The number of sulfonamides is 1. The second-order valence-electron chi connectivity index (χ2n) is 5.05. The van der Waals surface area contributed by atoms with E-state index in [2.05, 4.69) is 15.1 Å². The van der Waals surface area contributed by atoms with Crippen LogP contribution in [0.1, 0.15) is 32.1 Å².